The number of benzene rings is 2. The molecule has 0 amide bonds. The minimum absolute atomic E-state index is 0.00773. The summed E-state index contributed by atoms with van der Waals surface area (Å²) in [5, 5.41) is 25.1. The second kappa shape index (κ2) is 8.74. The van der Waals surface area contributed by atoms with Gasteiger partial charge in [-0.1, -0.05) is 39.0 Å². The van der Waals surface area contributed by atoms with E-state index < -0.39 is 30.2 Å². The Labute approximate surface area is 195 Å². The topological polar surface area (TPSA) is 85.4 Å². The van der Waals surface area contributed by atoms with E-state index in [0.29, 0.717) is 39.6 Å². The smallest absolute Gasteiger partial charge is 0.392 e. The maximum absolute atomic E-state index is 14.5. The molecule has 3 atom stereocenters. The first-order chi connectivity index (χ1) is 16.0. The summed E-state index contributed by atoms with van der Waals surface area (Å²) in [5.41, 5.74) is -0.742. The van der Waals surface area contributed by atoms with Gasteiger partial charge in [-0.3, -0.25) is 4.79 Å². The number of H-pyrrole nitrogens is 1. The molecule has 0 aliphatic heterocycles. The van der Waals surface area contributed by atoms with Crippen LogP contribution in [0.2, 0.25) is 0 Å². The lowest BCUT2D eigenvalue weighted by Crippen LogP contribution is -2.55. The molecule has 4 N–H and O–H groups in total. The Morgan fingerprint density at radius 2 is 1.94 bits per heavy atom. The van der Waals surface area contributed by atoms with Gasteiger partial charge in [0.25, 0.3) is 5.56 Å². The number of halogens is 3. The van der Waals surface area contributed by atoms with Crippen LogP contribution in [-0.2, 0) is 6.61 Å². The van der Waals surface area contributed by atoms with Gasteiger partial charge in [0.15, 0.2) is 5.60 Å². The molecule has 3 aromatic rings. The largest absolute Gasteiger partial charge is 0.419 e. The van der Waals surface area contributed by atoms with Gasteiger partial charge in [-0.05, 0) is 65.1 Å². The third kappa shape index (κ3) is 3.88. The number of aliphatic hydroxyl groups excluding tert-OH is 1. The lowest BCUT2D eigenvalue weighted by molar-refractivity contribution is -0.272. The molecular formula is C26H29F3N2O3. The van der Waals surface area contributed by atoms with E-state index in [0.717, 1.165) is 5.56 Å². The molecule has 5 nitrogen and oxygen atoms in total. The number of alkyl halides is 3. The number of hydrogen-bond acceptors (Lipinski definition) is 4. The molecule has 0 bridgehead atoms. The second-order valence-electron chi connectivity index (χ2n) is 9.38. The summed E-state index contributed by atoms with van der Waals surface area (Å²) in [5.74, 6) is -0.563. The number of nitrogens with one attached hydrogen (secondary N) is 2. The molecule has 2 aromatic carbocycles. The number of fused-ring (bicyclic) bond motifs is 2. The molecule has 0 spiro atoms. The molecular weight excluding hydrogens is 445 g/mol. The summed E-state index contributed by atoms with van der Waals surface area (Å²) in [4.78, 5) is 14.8. The molecule has 1 aliphatic carbocycles. The highest BCUT2D eigenvalue weighted by atomic mass is 19.4. The fourth-order valence-corrected chi connectivity index (χ4v) is 5.14. The zero-order valence-corrected chi connectivity index (χ0v) is 19.3. The Kier molecular flexibility index (Phi) is 6.25. The van der Waals surface area contributed by atoms with Crippen LogP contribution in [0.4, 0.5) is 18.9 Å². The van der Waals surface area contributed by atoms with Crippen LogP contribution >= 0.6 is 0 Å². The summed E-state index contributed by atoms with van der Waals surface area (Å²) in [6, 6.07) is 8.44. The van der Waals surface area contributed by atoms with Crippen molar-refractivity contribution in [2.24, 2.45) is 0 Å². The number of rotatable bonds is 5. The van der Waals surface area contributed by atoms with E-state index >= 15 is 0 Å². The molecule has 0 saturated carbocycles. The highest BCUT2D eigenvalue weighted by Crippen LogP contribution is 2.54. The quantitative estimate of drug-likeness (QED) is 0.394. The van der Waals surface area contributed by atoms with Crippen molar-refractivity contribution < 1.29 is 23.4 Å². The summed E-state index contributed by atoms with van der Waals surface area (Å²) in [6.45, 7) is 5.34. The van der Waals surface area contributed by atoms with Crippen LogP contribution in [0.3, 0.4) is 0 Å². The van der Waals surface area contributed by atoms with E-state index in [9.17, 15) is 28.2 Å². The van der Waals surface area contributed by atoms with E-state index in [1.807, 2.05) is 19.9 Å². The van der Waals surface area contributed by atoms with E-state index in [-0.39, 0.29) is 18.1 Å². The fourth-order valence-electron chi connectivity index (χ4n) is 5.14. The van der Waals surface area contributed by atoms with Crippen LogP contribution in [0.25, 0.3) is 10.8 Å². The lowest BCUT2D eigenvalue weighted by Gasteiger charge is -2.46. The predicted molar refractivity (Wildman–Crippen MR) is 126 cm³/mol. The van der Waals surface area contributed by atoms with Gasteiger partial charge < -0.3 is 20.5 Å². The summed E-state index contributed by atoms with van der Waals surface area (Å²) < 4.78 is 43.5. The monoisotopic (exact) mass is 474 g/mol. The van der Waals surface area contributed by atoms with Gasteiger partial charge in [-0.15, -0.1) is 0 Å². The van der Waals surface area contributed by atoms with Crippen molar-refractivity contribution in [1.29, 1.82) is 0 Å². The molecule has 34 heavy (non-hydrogen) atoms. The van der Waals surface area contributed by atoms with Crippen LogP contribution in [-0.4, -0.2) is 27.0 Å². The summed E-state index contributed by atoms with van der Waals surface area (Å²) >= 11 is 0. The Morgan fingerprint density at radius 1 is 1.21 bits per heavy atom. The van der Waals surface area contributed by atoms with Gasteiger partial charge in [-0.25, -0.2) is 0 Å². The van der Waals surface area contributed by atoms with Crippen LogP contribution < -0.4 is 10.9 Å². The van der Waals surface area contributed by atoms with Gasteiger partial charge >= 0.3 is 6.18 Å². The SMILES string of the molecule is CC[C@@H]1C[C@](O)(C(F)(F)F)C(Nc2cccc3c(=O)[nH]ccc23)c2cc(C(C)C)cc(CO)c21. The molecule has 0 saturated heterocycles. The number of anilines is 1. The molecule has 0 radical (unpaired) electrons. The van der Waals surface area contributed by atoms with Crippen LogP contribution in [0.15, 0.2) is 47.4 Å². The Bertz CT molecular complexity index is 1270. The maximum atomic E-state index is 14.5. The summed E-state index contributed by atoms with van der Waals surface area (Å²) in [6.07, 6.45) is -3.62. The van der Waals surface area contributed by atoms with Crippen molar-refractivity contribution in [2.75, 3.05) is 5.32 Å². The molecule has 182 valence electrons. The molecule has 1 unspecified atom stereocenters. The number of hydrogen-bond donors (Lipinski definition) is 4. The van der Waals surface area contributed by atoms with E-state index in [4.69, 9.17) is 0 Å². The Hall–Kier alpha value is -2.84. The molecule has 1 aromatic heterocycles. The second-order valence-corrected chi connectivity index (χ2v) is 9.38. The minimum Gasteiger partial charge on any atom is -0.392 e. The standard InChI is InChI=1S/C26H29F3N2O3/c1-4-15-12-25(34,26(27,28)29)23(20-11-16(14(2)3)10-17(13-32)22(15)20)31-21-7-5-6-19-18(21)8-9-30-24(19)33/h5-11,14-15,23,31-32,34H,4,12-13H2,1-3H3,(H,30,33)/t15-,23?,25-/m1/s1. The first-order valence-corrected chi connectivity index (χ1v) is 11.4. The van der Waals surface area contributed by atoms with Crippen molar-refractivity contribution in [2.45, 2.75) is 69.9 Å². The van der Waals surface area contributed by atoms with Crippen molar-refractivity contribution >= 4 is 16.5 Å². The molecule has 4 rings (SSSR count). The number of aromatic amines is 1. The average molecular weight is 475 g/mol. The number of pyridine rings is 1. The Morgan fingerprint density at radius 3 is 2.56 bits per heavy atom. The van der Waals surface area contributed by atoms with E-state index in [2.05, 4.69) is 10.3 Å². The van der Waals surface area contributed by atoms with Gasteiger partial charge in [0.05, 0.1) is 12.6 Å². The predicted octanol–water partition coefficient (Wildman–Crippen LogP) is 5.49. The third-order valence-electron chi connectivity index (χ3n) is 7.01. The average Bonchev–Trinajstić information content (AvgIpc) is 2.79. The third-order valence-corrected chi connectivity index (χ3v) is 7.01. The van der Waals surface area contributed by atoms with Gasteiger partial charge in [0.1, 0.15) is 0 Å². The first kappa shape index (κ1) is 24.3. The maximum Gasteiger partial charge on any atom is 0.419 e. The highest BCUT2D eigenvalue weighted by molar-refractivity contribution is 5.93. The van der Waals surface area contributed by atoms with Crippen LogP contribution in [0, 0.1) is 0 Å². The normalized spacial score (nSPS) is 22.7. The zero-order chi connectivity index (χ0) is 24.8. The fraction of sp³-hybridized carbons (Fsp3) is 0.423. The van der Waals surface area contributed by atoms with Crippen molar-refractivity contribution in [3.8, 4) is 0 Å². The minimum atomic E-state index is -4.91. The van der Waals surface area contributed by atoms with Crippen molar-refractivity contribution in [3.63, 3.8) is 0 Å². The van der Waals surface area contributed by atoms with Gasteiger partial charge in [-0.2, -0.15) is 13.2 Å². The number of aromatic nitrogens is 1. The van der Waals surface area contributed by atoms with Crippen molar-refractivity contribution in [3.05, 3.63) is 75.2 Å². The highest BCUT2D eigenvalue weighted by Gasteiger charge is 2.62. The molecule has 8 heteroatoms. The summed E-state index contributed by atoms with van der Waals surface area (Å²) in [7, 11) is 0. The zero-order valence-electron chi connectivity index (χ0n) is 19.3. The van der Waals surface area contributed by atoms with Gasteiger partial charge in [0.2, 0.25) is 0 Å². The first-order valence-electron chi connectivity index (χ1n) is 11.4. The molecule has 1 heterocycles. The molecule has 1 aliphatic rings. The van der Waals surface area contributed by atoms with Crippen molar-refractivity contribution in [1.82, 2.24) is 4.98 Å². The van der Waals surface area contributed by atoms with Crippen LogP contribution in [0.5, 0.6) is 0 Å². The van der Waals surface area contributed by atoms with Gasteiger partial charge in [0, 0.05) is 22.7 Å². The number of aliphatic hydroxyl groups is 2. The lowest BCUT2D eigenvalue weighted by atomic mass is 9.67. The van der Waals surface area contributed by atoms with Crippen LogP contribution in [0.1, 0.15) is 73.7 Å². The van der Waals surface area contributed by atoms with E-state index in [1.54, 1.807) is 37.3 Å². The van der Waals surface area contributed by atoms with E-state index in [1.165, 1.54) is 6.20 Å². The molecule has 0 fully saturated rings. The Balaban J connectivity index is 2.00.